The monoisotopic (exact) mass is 314 g/mol. The number of hydrogen-bond acceptors (Lipinski definition) is 3. The van der Waals surface area contributed by atoms with E-state index in [9.17, 15) is 27.1 Å². The molecule has 1 aromatic heterocycles. The summed E-state index contributed by atoms with van der Waals surface area (Å²) in [6.07, 6.45) is -8.04. The highest BCUT2D eigenvalue weighted by atomic mass is 19.4. The van der Waals surface area contributed by atoms with E-state index in [0.29, 0.717) is 5.39 Å². The van der Waals surface area contributed by atoms with E-state index in [0.717, 1.165) is 6.07 Å². The molecule has 0 aliphatic rings. The molecule has 0 aliphatic carbocycles. The quantitative estimate of drug-likeness (QED) is 0.697. The van der Waals surface area contributed by atoms with Gasteiger partial charge in [0.2, 0.25) is 5.76 Å². The van der Waals surface area contributed by atoms with Gasteiger partial charge in [-0.15, -0.1) is 0 Å². The van der Waals surface area contributed by atoms with Crippen LogP contribution in [0.15, 0.2) is 30.3 Å². The Hall–Kier alpha value is -2.51. The molecular formula is C14H7F5N2O. The fraction of sp³-hybridized carbons (Fsp3) is 0.143. The fourth-order valence-electron chi connectivity index (χ4n) is 2.25. The molecule has 22 heavy (non-hydrogen) atoms. The Morgan fingerprint density at radius 2 is 1.77 bits per heavy atom. The SMILES string of the molecule is O/C(=c1/ccc2cccc3nc(C(F)F)nc1c23)C(F)(F)F. The highest BCUT2D eigenvalue weighted by Crippen LogP contribution is 2.28. The molecule has 0 spiro atoms. The summed E-state index contributed by atoms with van der Waals surface area (Å²) in [6, 6.07) is 6.89. The van der Waals surface area contributed by atoms with Crippen LogP contribution in [0.1, 0.15) is 12.2 Å². The van der Waals surface area contributed by atoms with Crippen molar-refractivity contribution in [2.24, 2.45) is 0 Å². The largest absolute Gasteiger partial charge is 0.504 e. The Kier molecular flexibility index (Phi) is 3.12. The maximum absolute atomic E-state index is 12.8. The number of hydrogen-bond donors (Lipinski definition) is 1. The maximum Gasteiger partial charge on any atom is 0.449 e. The molecule has 3 aromatic rings. The smallest absolute Gasteiger partial charge is 0.449 e. The summed E-state index contributed by atoms with van der Waals surface area (Å²) in [5.74, 6) is -2.76. The van der Waals surface area contributed by atoms with E-state index in [1.165, 1.54) is 12.1 Å². The first-order valence-electron chi connectivity index (χ1n) is 6.06. The Morgan fingerprint density at radius 3 is 2.41 bits per heavy atom. The summed E-state index contributed by atoms with van der Waals surface area (Å²) in [5, 5.41) is 9.41. The molecule has 1 heterocycles. The van der Waals surface area contributed by atoms with Gasteiger partial charge in [0, 0.05) is 10.6 Å². The topological polar surface area (TPSA) is 46.0 Å². The Bertz CT molecular complexity index is 920. The molecule has 8 heteroatoms. The van der Waals surface area contributed by atoms with Crippen LogP contribution in [0.2, 0.25) is 0 Å². The zero-order valence-electron chi connectivity index (χ0n) is 10.7. The molecule has 0 atom stereocenters. The zero-order chi connectivity index (χ0) is 16.1. The highest BCUT2D eigenvalue weighted by molar-refractivity contribution is 6.07. The first-order valence-corrected chi connectivity index (χ1v) is 6.06. The van der Waals surface area contributed by atoms with Gasteiger partial charge in [0.1, 0.15) is 0 Å². The molecule has 0 aliphatic heterocycles. The van der Waals surface area contributed by atoms with Gasteiger partial charge in [0.15, 0.2) is 5.82 Å². The van der Waals surface area contributed by atoms with Crippen LogP contribution in [-0.4, -0.2) is 21.3 Å². The van der Waals surface area contributed by atoms with Crippen molar-refractivity contribution in [2.45, 2.75) is 12.6 Å². The number of aromatic nitrogens is 2. The lowest BCUT2D eigenvalue weighted by atomic mass is 10.1. The normalized spacial score (nSPS) is 14.1. The number of aliphatic hydroxyl groups is 1. The molecule has 114 valence electrons. The van der Waals surface area contributed by atoms with Crippen molar-refractivity contribution in [3.8, 4) is 0 Å². The standard InChI is InChI=1S/C14H7F5N2O/c15-12(16)13-20-8-3-1-2-6-4-5-7(10(21-13)9(6)8)11(22)14(17,18)19/h1-5,12,22H/b11-7-. The summed E-state index contributed by atoms with van der Waals surface area (Å²) in [7, 11) is 0. The molecule has 3 rings (SSSR count). The van der Waals surface area contributed by atoms with Gasteiger partial charge in [-0.05, 0) is 17.5 Å². The number of alkyl halides is 5. The Balaban J connectivity index is 2.57. The second-order valence-electron chi connectivity index (χ2n) is 4.57. The van der Waals surface area contributed by atoms with Gasteiger partial charge >= 0.3 is 6.18 Å². The van der Waals surface area contributed by atoms with Crippen LogP contribution in [0.3, 0.4) is 0 Å². The Morgan fingerprint density at radius 1 is 1.05 bits per heavy atom. The average molecular weight is 314 g/mol. The molecule has 2 aromatic carbocycles. The Labute approximate surface area is 119 Å². The highest BCUT2D eigenvalue weighted by Gasteiger charge is 2.35. The van der Waals surface area contributed by atoms with Crippen LogP contribution in [0.25, 0.3) is 27.6 Å². The summed E-state index contributed by atoms with van der Waals surface area (Å²) >= 11 is 0. The third-order valence-electron chi connectivity index (χ3n) is 3.18. The van der Waals surface area contributed by atoms with Crippen molar-refractivity contribution < 1.29 is 27.1 Å². The van der Waals surface area contributed by atoms with Crippen molar-refractivity contribution in [2.75, 3.05) is 0 Å². The van der Waals surface area contributed by atoms with Crippen LogP contribution in [0.4, 0.5) is 22.0 Å². The summed E-state index contributed by atoms with van der Waals surface area (Å²) in [6.45, 7) is 0. The predicted molar refractivity (Wildman–Crippen MR) is 69.3 cm³/mol. The molecule has 0 radical (unpaired) electrons. The van der Waals surface area contributed by atoms with Gasteiger partial charge < -0.3 is 5.11 Å². The number of halogens is 5. The third-order valence-corrected chi connectivity index (χ3v) is 3.18. The molecule has 0 saturated heterocycles. The van der Waals surface area contributed by atoms with Gasteiger partial charge in [-0.1, -0.05) is 18.2 Å². The van der Waals surface area contributed by atoms with Crippen molar-refractivity contribution in [3.05, 3.63) is 41.4 Å². The van der Waals surface area contributed by atoms with Crippen molar-refractivity contribution in [1.29, 1.82) is 0 Å². The summed E-state index contributed by atoms with van der Waals surface area (Å²) in [5.41, 5.74) is -0.261. The predicted octanol–water partition coefficient (Wildman–Crippen LogP) is 3.67. The summed E-state index contributed by atoms with van der Waals surface area (Å²) in [4.78, 5) is 7.17. The van der Waals surface area contributed by atoms with E-state index in [1.54, 1.807) is 12.1 Å². The molecule has 1 N–H and O–H groups in total. The van der Waals surface area contributed by atoms with Gasteiger partial charge in [-0.3, -0.25) is 0 Å². The van der Waals surface area contributed by atoms with Crippen molar-refractivity contribution in [1.82, 2.24) is 9.97 Å². The molecule has 0 saturated carbocycles. The molecule has 0 amide bonds. The van der Waals surface area contributed by atoms with E-state index in [2.05, 4.69) is 9.97 Å². The minimum absolute atomic E-state index is 0.0922. The molecular weight excluding hydrogens is 307 g/mol. The minimum atomic E-state index is -5.01. The van der Waals surface area contributed by atoms with Gasteiger partial charge in [0.05, 0.1) is 11.0 Å². The summed E-state index contributed by atoms with van der Waals surface area (Å²) < 4.78 is 63.9. The molecule has 3 nitrogen and oxygen atoms in total. The van der Waals surface area contributed by atoms with E-state index < -0.39 is 29.4 Å². The lowest BCUT2D eigenvalue weighted by Crippen LogP contribution is -2.21. The van der Waals surface area contributed by atoms with E-state index in [-0.39, 0.29) is 16.4 Å². The minimum Gasteiger partial charge on any atom is -0.504 e. The molecule has 0 fully saturated rings. The second kappa shape index (κ2) is 4.75. The van der Waals surface area contributed by atoms with E-state index >= 15 is 0 Å². The van der Waals surface area contributed by atoms with Crippen LogP contribution in [0.5, 0.6) is 0 Å². The first kappa shape index (κ1) is 14.4. The number of aliphatic hydroxyl groups excluding tert-OH is 1. The van der Waals surface area contributed by atoms with Crippen molar-refractivity contribution in [3.63, 3.8) is 0 Å². The van der Waals surface area contributed by atoms with E-state index in [1.807, 2.05) is 0 Å². The number of benzene rings is 2. The lowest BCUT2D eigenvalue weighted by molar-refractivity contribution is -0.0896. The number of nitrogens with zero attached hydrogens (tertiary/aromatic N) is 2. The van der Waals surface area contributed by atoms with Crippen LogP contribution in [0, 0.1) is 0 Å². The van der Waals surface area contributed by atoms with Crippen LogP contribution in [-0.2, 0) is 0 Å². The lowest BCUT2D eigenvalue weighted by Gasteiger charge is -2.10. The van der Waals surface area contributed by atoms with Gasteiger partial charge in [0.25, 0.3) is 6.43 Å². The van der Waals surface area contributed by atoms with Crippen LogP contribution < -0.4 is 5.22 Å². The third kappa shape index (κ3) is 2.20. The fourth-order valence-corrected chi connectivity index (χ4v) is 2.25. The molecule has 0 unspecified atom stereocenters. The average Bonchev–Trinajstić information content (AvgIpc) is 2.46. The first-order chi connectivity index (χ1) is 10.3. The molecule has 0 bridgehead atoms. The number of rotatable bonds is 1. The maximum atomic E-state index is 12.8. The second-order valence-corrected chi connectivity index (χ2v) is 4.57. The van der Waals surface area contributed by atoms with Crippen molar-refractivity contribution >= 4 is 27.6 Å². The van der Waals surface area contributed by atoms with Crippen LogP contribution >= 0.6 is 0 Å². The van der Waals surface area contributed by atoms with Gasteiger partial charge in [-0.2, -0.15) is 13.2 Å². The van der Waals surface area contributed by atoms with Gasteiger partial charge in [-0.25, -0.2) is 18.7 Å². The van der Waals surface area contributed by atoms with E-state index in [4.69, 9.17) is 0 Å². The zero-order valence-corrected chi connectivity index (χ0v) is 10.7.